The van der Waals surface area contributed by atoms with Crippen LogP contribution >= 0.6 is 0 Å². The molecule has 0 amide bonds. The SMILES string of the molecule is COC(=O)c1cc(B2OC(C)(C)C(C)(C)O2)c(OC)cn1. The molecule has 0 spiro atoms. The van der Waals surface area contributed by atoms with Crippen molar-refractivity contribution in [2.45, 2.75) is 38.9 Å². The number of methoxy groups -OCH3 is 2. The number of rotatable bonds is 3. The molecule has 2 rings (SSSR count). The smallest absolute Gasteiger partial charge is 0.496 e. The zero-order valence-corrected chi connectivity index (χ0v) is 13.2. The number of nitrogens with zero attached hydrogens (tertiary/aromatic N) is 1. The standard InChI is InChI=1S/C14H20BNO5/c1-13(2)14(3,4)21-15(20-13)9-7-10(12(17)19-6)16-8-11(9)18-5/h7-8H,1-6H3. The van der Waals surface area contributed by atoms with Crippen molar-refractivity contribution >= 4 is 18.6 Å². The average Bonchev–Trinajstić information content (AvgIpc) is 2.65. The molecule has 1 fully saturated rings. The van der Waals surface area contributed by atoms with Crippen LogP contribution in [0.5, 0.6) is 5.75 Å². The zero-order chi connectivity index (χ0) is 15.8. The summed E-state index contributed by atoms with van der Waals surface area (Å²) in [5.74, 6) is -0.0171. The summed E-state index contributed by atoms with van der Waals surface area (Å²) in [7, 11) is 2.21. The Morgan fingerprint density at radius 3 is 2.24 bits per heavy atom. The number of hydrogen-bond acceptors (Lipinski definition) is 6. The largest absolute Gasteiger partial charge is 0.498 e. The number of carbonyl (C=O) groups excluding carboxylic acids is 1. The molecule has 0 aliphatic carbocycles. The number of carbonyl (C=O) groups is 1. The maximum atomic E-state index is 11.6. The highest BCUT2D eigenvalue weighted by atomic mass is 16.7. The maximum Gasteiger partial charge on any atom is 0.498 e. The first-order chi connectivity index (χ1) is 9.71. The van der Waals surface area contributed by atoms with Crippen LogP contribution in [0.4, 0.5) is 0 Å². The second kappa shape index (κ2) is 5.31. The molecule has 0 unspecified atom stereocenters. The lowest BCUT2D eigenvalue weighted by atomic mass is 9.78. The van der Waals surface area contributed by atoms with E-state index in [0.29, 0.717) is 11.2 Å². The lowest BCUT2D eigenvalue weighted by Gasteiger charge is -2.32. The van der Waals surface area contributed by atoms with Gasteiger partial charge in [0, 0.05) is 5.46 Å². The molecule has 1 aromatic heterocycles. The van der Waals surface area contributed by atoms with Gasteiger partial charge in [-0.3, -0.25) is 0 Å². The van der Waals surface area contributed by atoms with Gasteiger partial charge in [-0.2, -0.15) is 0 Å². The Morgan fingerprint density at radius 2 is 1.76 bits per heavy atom. The van der Waals surface area contributed by atoms with Gasteiger partial charge in [0.2, 0.25) is 0 Å². The van der Waals surface area contributed by atoms with E-state index in [0.717, 1.165) is 0 Å². The summed E-state index contributed by atoms with van der Waals surface area (Å²) in [6, 6.07) is 1.58. The second-order valence-electron chi connectivity index (χ2n) is 5.89. The number of aromatic nitrogens is 1. The highest BCUT2D eigenvalue weighted by Gasteiger charge is 2.52. The first-order valence-corrected chi connectivity index (χ1v) is 6.70. The second-order valence-corrected chi connectivity index (χ2v) is 5.89. The Bertz CT molecular complexity index is 542. The summed E-state index contributed by atoms with van der Waals surface area (Å²) in [6.07, 6.45) is 1.46. The van der Waals surface area contributed by atoms with Crippen molar-refractivity contribution in [3.63, 3.8) is 0 Å². The Balaban J connectivity index is 2.41. The quantitative estimate of drug-likeness (QED) is 0.616. The van der Waals surface area contributed by atoms with Crippen LogP contribution in [0.25, 0.3) is 0 Å². The van der Waals surface area contributed by atoms with Crippen molar-refractivity contribution < 1.29 is 23.6 Å². The van der Waals surface area contributed by atoms with Crippen LogP contribution in [0.1, 0.15) is 38.2 Å². The predicted octanol–water partition coefficient (Wildman–Crippen LogP) is 1.18. The summed E-state index contributed by atoms with van der Waals surface area (Å²) in [6.45, 7) is 7.84. The molecule has 21 heavy (non-hydrogen) atoms. The number of pyridine rings is 1. The molecule has 1 aromatic rings. The third kappa shape index (κ3) is 2.75. The fourth-order valence-electron chi connectivity index (χ4n) is 2.00. The first kappa shape index (κ1) is 15.8. The number of ether oxygens (including phenoxy) is 2. The third-order valence-corrected chi connectivity index (χ3v) is 4.02. The van der Waals surface area contributed by atoms with Crippen molar-refractivity contribution in [3.8, 4) is 5.75 Å². The van der Waals surface area contributed by atoms with Crippen molar-refractivity contribution in [2.24, 2.45) is 0 Å². The lowest BCUT2D eigenvalue weighted by molar-refractivity contribution is 0.00578. The van der Waals surface area contributed by atoms with Crippen LogP contribution < -0.4 is 10.2 Å². The monoisotopic (exact) mass is 293 g/mol. The summed E-state index contributed by atoms with van der Waals surface area (Å²) >= 11 is 0. The van der Waals surface area contributed by atoms with Crippen molar-refractivity contribution in [2.75, 3.05) is 14.2 Å². The summed E-state index contributed by atoms with van der Waals surface area (Å²) < 4.78 is 21.9. The van der Waals surface area contributed by atoms with Crippen LogP contribution in [0.2, 0.25) is 0 Å². The van der Waals surface area contributed by atoms with Crippen LogP contribution in [-0.2, 0) is 14.0 Å². The third-order valence-electron chi connectivity index (χ3n) is 4.02. The zero-order valence-electron chi connectivity index (χ0n) is 13.2. The normalized spacial score (nSPS) is 19.4. The molecular weight excluding hydrogens is 273 g/mol. The molecule has 0 atom stereocenters. The highest BCUT2D eigenvalue weighted by Crippen LogP contribution is 2.37. The van der Waals surface area contributed by atoms with E-state index >= 15 is 0 Å². The van der Waals surface area contributed by atoms with Gasteiger partial charge in [0.05, 0.1) is 31.6 Å². The Morgan fingerprint density at radius 1 is 1.19 bits per heavy atom. The minimum absolute atomic E-state index is 0.183. The van der Waals surface area contributed by atoms with E-state index in [1.165, 1.54) is 20.4 Å². The van der Waals surface area contributed by atoms with E-state index in [1.807, 2.05) is 27.7 Å². The van der Waals surface area contributed by atoms with Gasteiger partial charge in [-0.15, -0.1) is 0 Å². The van der Waals surface area contributed by atoms with Crippen molar-refractivity contribution in [1.29, 1.82) is 0 Å². The molecule has 114 valence electrons. The van der Waals surface area contributed by atoms with Crippen LogP contribution in [0.3, 0.4) is 0 Å². The molecule has 0 bridgehead atoms. The van der Waals surface area contributed by atoms with Gasteiger partial charge in [0.1, 0.15) is 11.4 Å². The molecule has 0 N–H and O–H groups in total. The van der Waals surface area contributed by atoms with E-state index in [4.69, 9.17) is 14.0 Å². The van der Waals surface area contributed by atoms with E-state index in [1.54, 1.807) is 6.07 Å². The minimum atomic E-state index is -0.628. The molecule has 0 aromatic carbocycles. The van der Waals surface area contributed by atoms with Gasteiger partial charge in [0.25, 0.3) is 0 Å². The fraction of sp³-hybridized carbons (Fsp3) is 0.571. The molecular formula is C14H20BNO5. The molecule has 0 radical (unpaired) electrons. The molecule has 1 aliphatic rings. The molecule has 0 saturated carbocycles. The highest BCUT2D eigenvalue weighted by molar-refractivity contribution is 6.63. The van der Waals surface area contributed by atoms with Gasteiger partial charge in [-0.1, -0.05) is 0 Å². The summed E-state index contributed by atoms with van der Waals surface area (Å²) in [5, 5.41) is 0. The predicted molar refractivity (Wildman–Crippen MR) is 77.8 cm³/mol. The van der Waals surface area contributed by atoms with Gasteiger partial charge >= 0.3 is 13.1 Å². The molecule has 7 heteroatoms. The number of hydrogen-bond donors (Lipinski definition) is 0. The van der Waals surface area contributed by atoms with Gasteiger partial charge < -0.3 is 18.8 Å². The van der Waals surface area contributed by atoms with E-state index in [2.05, 4.69) is 9.72 Å². The lowest BCUT2D eigenvalue weighted by Crippen LogP contribution is -2.41. The first-order valence-electron chi connectivity index (χ1n) is 6.70. The molecule has 1 saturated heterocycles. The van der Waals surface area contributed by atoms with Crippen LogP contribution in [0.15, 0.2) is 12.3 Å². The van der Waals surface area contributed by atoms with E-state index in [9.17, 15) is 4.79 Å². The minimum Gasteiger partial charge on any atom is -0.496 e. The van der Waals surface area contributed by atoms with Gasteiger partial charge in [0.15, 0.2) is 0 Å². The van der Waals surface area contributed by atoms with Gasteiger partial charge in [-0.25, -0.2) is 9.78 Å². The molecule has 6 nitrogen and oxygen atoms in total. The van der Waals surface area contributed by atoms with Crippen molar-refractivity contribution in [1.82, 2.24) is 4.98 Å². The average molecular weight is 293 g/mol. The Hall–Kier alpha value is -1.60. The summed E-state index contributed by atoms with van der Waals surface area (Å²) in [4.78, 5) is 15.6. The Labute approximate surface area is 124 Å². The van der Waals surface area contributed by atoms with E-state index in [-0.39, 0.29) is 5.69 Å². The summed E-state index contributed by atoms with van der Waals surface area (Å²) in [5.41, 5.74) is -0.149. The van der Waals surface area contributed by atoms with Crippen molar-refractivity contribution in [3.05, 3.63) is 18.0 Å². The topological polar surface area (TPSA) is 66.9 Å². The molecule has 2 heterocycles. The van der Waals surface area contributed by atoms with E-state index < -0.39 is 24.3 Å². The van der Waals surface area contributed by atoms with Gasteiger partial charge in [-0.05, 0) is 33.8 Å². The Kier molecular flexibility index (Phi) is 3.99. The fourth-order valence-corrected chi connectivity index (χ4v) is 2.00. The number of esters is 1. The maximum absolute atomic E-state index is 11.6. The van der Waals surface area contributed by atoms with Crippen LogP contribution in [-0.4, -0.2) is 43.5 Å². The molecule has 1 aliphatic heterocycles. The van der Waals surface area contributed by atoms with Crippen LogP contribution in [0, 0.1) is 0 Å².